The molecule has 38 heavy (non-hydrogen) atoms. The van der Waals surface area contributed by atoms with Crippen molar-refractivity contribution in [2.75, 3.05) is 24.5 Å². The number of hydrogen-bond donors (Lipinski definition) is 2. The monoisotopic (exact) mass is 547 g/mol. The first-order valence-corrected chi connectivity index (χ1v) is 12.2. The number of carboxylic acid groups (broad SMARTS) is 2. The molecule has 2 aromatic carbocycles. The Hall–Kier alpha value is -3.63. The zero-order chi connectivity index (χ0) is 27.4. The number of rotatable bonds is 4. The van der Waals surface area contributed by atoms with Crippen molar-refractivity contribution in [2.24, 2.45) is 0 Å². The predicted molar refractivity (Wildman–Crippen MR) is 137 cm³/mol. The number of nitrogens with zero attached hydrogens (tertiary/aromatic N) is 3. The van der Waals surface area contributed by atoms with Gasteiger partial charge in [0.15, 0.2) is 0 Å². The second-order valence-corrected chi connectivity index (χ2v) is 9.55. The number of benzene rings is 2. The summed E-state index contributed by atoms with van der Waals surface area (Å²) in [5.74, 6) is -3.61. The van der Waals surface area contributed by atoms with E-state index in [1.54, 1.807) is 6.07 Å². The van der Waals surface area contributed by atoms with E-state index in [0.717, 1.165) is 60.7 Å². The highest BCUT2D eigenvalue weighted by molar-refractivity contribution is 6.30. The number of carboxylic acids is 2. The molecule has 0 aliphatic carbocycles. The molecule has 11 heteroatoms. The van der Waals surface area contributed by atoms with Gasteiger partial charge in [-0.3, -0.25) is 9.88 Å². The predicted octanol–water partition coefficient (Wildman–Crippen LogP) is 5.37. The molecule has 1 fully saturated rings. The van der Waals surface area contributed by atoms with E-state index in [4.69, 9.17) is 21.5 Å². The molecule has 2 aliphatic rings. The summed E-state index contributed by atoms with van der Waals surface area (Å²) in [7, 11) is 0. The van der Waals surface area contributed by atoms with Crippen LogP contribution in [0, 0.1) is 0 Å². The van der Waals surface area contributed by atoms with E-state index in [9.17, 15) is 23.1 Å². The van der Waals surface area contributed by atoms with E-state index in [-0.39, 0.29) is 0 Å². The highest BCUT2D eigenvalue weighted by Crippen LogP contribution is 2.34. The smallest absolute Gasteiger partial charge is 0.478 e. The molecule has 1 atom stereocenters. The van der Waals surface area contributed by atoms with Crippen LogP contribution in [0.2, 0.25) is 5.02 Å². The number of halogens is 4. The number of aryl methyl sites for hydroxylation is 1. The molecule has 2 aliphatic heterocycles. The minimum absolute atomic E-state index is 0.378. The van der Waals surface area contributed by atoms with Crippen LogP contribution in [0.1, 0.15) is 27.9 Å². The van der Waals surface area contributed by atoms with Crippen molar-refractivity contribution >= 4 is 29.2 Å². The number of carbonyl (C=O) groups is 2. The van der Waals surface area contributed by atoms with Crippen molar-refractivity contribution < 1.29 is 33.0 Å². The first-order chi connectivity index (χ1) is 18.0. The van der Waals surface area contributed by atoms with Gasteiger partial charge in [-0.2, -0.15) is 13.2 Å². The number of hydrogen-bond acceptors (Lipinski definition) is 5. The average molecular weight is 548 g/mol. The standard InChI is InChI=1S/C25H24ClN3O2.C2HF3O2/c26-21-5-1-17(2-6-21)23-14-27-10-9-20(23)15-28-11-12-29-22(16-28)7-3-18-13-19(25(30)31)4-8-24(18)29;3-2(4,5)1(6)7/h1-2,4-6,8-10,13-14,22H,3,7,11-12,15-16H2,(H,30,31);(H,6,7)/t22-;/m0./s1. The second kappa shape index (κ2) is 11.4. The molecule has 5 rings (SSSR count). The summed E-state index contributed by atoms with van der Waals surface area (Å²) in [5, 5.41) is 17.1. The number of aliphatic carboxylic acids is 1. The SMILES string of the molecule is O=C(O)C(F)(F)F.O=C(O)c1ccc2c(c1)CC[C@H]1CN(Cc3ccncc3-c3ccc(Cl)cc3)CCN21. The minimum atomic E-state index is -5.08. The molecular formula is C27H25ClF3N3O4. The van der Waals surface area contributed by atoms with Crippen LogP contribution >= 0.6 is 11.6 Å². The van der Waals surface area contributed by atoms with E-state index in [1.807, 2.05) is 48.8 Å². The van der Waals surface area contributed by atoms with Crippen molar-refractivity contribution in [3.63, 3.8) is 0 Å². The highest BCUT2D eigenvalue weighted by atomic mass is 35.5. The van der Waals surface area contributed by atoms with Crippen LogP contribution in [0.3, 0.4) is 0 Å². The lowest BCUT2D eigenvalue weighted by molar-refractivity contribution is -0.192. The van der Waals surface area contributed by atoms with Crippen LogP contribution in [0.4, 0.5) is 18.9 Å². The maximum absolute atomic E-state index is 11.3. The number of alkyl halides is 3. The summed E-state index contributed by atoms with van der Waals surface area (Å²) < 4.78 is 31.7. The molecular weight excluding hydrogens is 523 g/mol. The summed E-state index contributed by atoms with van der Waals surface area (Å²) >= 11 is 6.06. The summed E-state index contributed by atoms with van der Waals surface area (Å²) in [6, 6.07) is 16.1. The van der Waals surface area contributed by atoms with E-state index in [2.05, 4.69) is 20.9 Å². The van der Waals surface area contributed by atoms with Crippen LogP contribution in [0.5, 0.6) is 0 Å². The lowest BCUT2D eigenvalue weighted by atomic mass is 9.92. The number of piperazine rings is 1. The highest BCUT2D eigenvalue weighted by Gasteiger charge is 2.38. The fraction of sp³-hybridized carbons (Fsp3) is 0.296. The van der Waals surface area contributed by atoms with Crippen LogP contribution in [0.25, 0.3) is 11.1 Å². The molecule has 0 spiro atoms. The van der Waals surface area contributed by atoms with Crippen molar-refractivity contribution in [3.8, 4) is 11.1 Å². The van der Waals surface area contributed by atoms with Gasteiger partial charge in [0.25, 0.3) is 0 Å². The zero-order valence-electron chi connectivity index (χ0n) is 20.2. The Labute approximate surface area is 222 Å². The van der Waals surface area contributed by atoms with Gasteiger partial charge in [-0.05, 0) is 65.9 Å². The van der Waals surface area contributed by atoms with Crippen molar-refractivity contribution in [3.05, 3.63) is 82.6 Å². The van der Waals surface area contributed by atoms with Gasteiger partial charge in [0.05, 0.1) is 5.56 Å². The number of pyridine rings is 1. The summed E-state index contributed by atoms with van der Waals surface area (Å²) in [6.45, 7) is 3.81. The van der Waals surface area contributed by atoms with Gasteiger partial charge in [0.1, 0.15) is 0 Å². The first-order valence-electron chi connectivity index (χ1n) is 11.9. The maximum atomic E-state index is 11.3. The topological polar surface area (TPSA) is 94.0 Å². The van der Waals surface area contributed by atoms with Gasteiger partial charge < -0.3 is 15.1 Å². The van der Waals surface area contributed by atoms with E-state index in [1.165, 1.54) is 11.3 Å². The molecule has 0 saturated carbocycles. The Morgan fingerprint density at radius 3 is 2.42 bits per heavy atom. The third-order valence-electron chi connectivity index (χ3n) is 6.65. The van der Waals surface area contributed by atoms with Crippen LogP contribution < -0.4 is 4.90 Å². The van der Waals surface area contributed by atoms with Crippen molar-refractivity contribution in [1.29, 1.82) is 0 Å². The molecule has 7 nitrogen and oxygen atoms in total. The summed E-state index contributed by atoms with van der Waals surface area (Å²) in [4.78, 5) is 29.5. The van der Waals surface area contributed by atoms with E-state index in [0.29, 0.717) is 11.6 Å². The average Bonchev–Trinajstić information content (AvgIpc) is 2.89. The molecule has 2 N–H and O–H groups in total. The molecule has 1 aromatic heterocycles. The number of fused-ring (bicyclic) bond motifs is 3. The van der Waals surface area contributed by atoms with Gasteiger partial charge in [0, 0.05) is 60.9 Å². The number of anilines is 1. The Balaban J connectivity index is 0.000000426. The summed E-state index contributed by atoms with van der Waals surface area (Å²) in [6.07, 6.45) is 0.692. The molecule has 1 saturated heterocycles. The van der Waals surface area contributed by atoms with Gasteiger partial charge >= 0.3 is 18.1 Å². The molecule has 0 unspecified atom stereocenters. The Kier molecular flexibility index (Phi) is 8.23. The van der Waals surface area contributed by atoms with Gasteiger partial charge in [-0.1, -0.05) is 23.7 Å². The molecule has 0 radical (unpaired) electrons. The van der Waals surface area contributed by atoms with Crippen molar-refractivity contribution in [1.82, 2.24) is 9.88 Å². The Bertz CT molecular complexity index is 1320. The third kappa shape index (κ3) is 6.43. The van der Waals surface area contributed by atoms with Crippen LogP contribution in [0.15, 0.2) is 60.9 Å². The second-order valence-electron chi connectivity index (χ2n) is 9.11. The van der Waals surface area contributed by atoms with E-state index >= 15 is 0 Å². The fourth-order valence-corrected chi connectivity index (χ4v) is 4.97. The Morgan fingerprint density at radius 2 is 1.76 bits per heavy atom. The number of aromatic nitrogens is 1. The molecule has 3 heterocycles. The molecule has 0 bridgehead atoms. The summed E-state index contributed by atoms with van der Waals surface area (Å²) in [5.41, 5.74) is 6.29. The first kappa shape index (κ1) is 27.4. The van der Waals surface area contributed by atoms with Gasteiger partial charge in [-0.25, -0.2) is 9.59 Å². The third-order valence-corrected chi connectivity index (χ3v) is 6.90. The zero-order valence-corrected chi connectivity index (χ0v) is 20.9. The largest absolute Gasteiger partial charge is 0.490 e. The Morgan fingerprint density at radius 1 is 1.05 bits per heavy atom. The van der Waals surface area contributed by atoms with Gasteiger partial charge in [-0.15, -0.1) is 0 Å². The number of aromatic carboxylic acids is 1. The maximum Gasteiger partial charge on any atom is 0.490 e. The lowest BCUT2D eigenvalue weighted by Gasteiger charge is -2.46. The van der Waals surface area contributed by atoms with Crippen LogP contribution in [-0.2, 0) is 17.8 Å². The van der Waals surface area contributed by atoms with Crippen LogP contribution in [-0.4, -0.2) is 63.9 Å². The molecule has 200 valence electrons. The lowest BCUT2D eigenvalue weighted by Crippen LogP contribution is -2.54. The quantitative estimate of drug-likeness (QED) is 0.453. The van der Waals surface area contributed by atoms with Gasteiger partial charge in [0.2, 0.25) is 0 Å². The molecule has 3 aromatic rings. The minimum Gasteiger partial charge on any atom is -0.478 e. The van der Waals surface area contributed by atoms with E-state index < -0.39 is 18.1 Å². The fourth-order valence-electron chi connectivity index (χ4n) is 4.84. The normalized spacial score (nSPS) is 17.1. The van der Waals surface area contributed by atoms with Crippen molar-refractivity contribution in [2.45, 2.75) is 31.6 Å². The molecule has 0 amide bonds.